The van der Waals surface area contributed by atoms with Crippen LogP contribution in [0, 0.1) is 17.8 Å². The average Bonchev–Trinajstić information content (AvgIpc) is 2.47. The van der Waals surface area contributed by atoms with Crippen LogP contribution < -0.4 is 11.1 Å². The maximum atomic E-state index is 12.4. The van der Waals surface area contributed by atoms with E-state index in [-0.39, 0.29) is 11.8 Å². The first kappa shape index (κ1) is 14.0. The summed E-state index contributed by atoms with van der Waals surface area (Å²) in [5, 5.41) is 3.00. The van der Waals surface area contributed by atoms with Crippen molar-refractivity contribution >= 4 is 11.6 Å². The first-order valence-corrected chi connectivity index (χ1v) is 7.15. The van der Waals surface area contributed by atoms with Crippen LogP contribution in [-0.2, 0) is 4.79 Å². The summed E-state index contributed by atoms with van der Waals surface area (Å²) in [7, 11) is 0. The normalized spacial score (nSPS) is 26.9. The molecule has 4 heteroatoms. The molecule has 3 N–H and O–H groups in total. The summed E-state index contributed by atoms with van der Waals surface area (Å²) in [5.41, 5.74) is 6.59. The lowest BCUT2D eigenvalue weighted by Crippen LogP contribution is -2.36. The zero-order valence-corrected chi connectivity index (χ0v) is 11.5. The third kappa shape index (κ3) is 3.53. The molecular formula is C15H23N3O. The summed E-state index contributed by atoms with van der Waals surface area (Å²) >= 11 is 0. The van der Waals surface area contributed by atoms with Crippen molar-refractivity contribution in [1.82, 2.24) is 4.98 Å². The molecule has 4 nitrogen and oxygen atoms in total. The molecule has 1 aromatic rings. The molecule has 1 saturated carbocycles. The number of hydrogen-bond donors (Lipinski definition) is 2. The van der Waals surface area contributed by atoms with Gasteiger partial charge in [0, 0.05) is 24.0 Å². The van der Waals surface area contributed by atoms with Gasteiger partial charge in [0.25, 0.3) is 0 Å². The number of amides is 1. The molecule has 0 bridgehead atoms. The van der Waals surface area contributed by atoms with Crippen molar-refractivity contribution in [2.24, 2.45) is 23.5 Å². The van der Waals surface area contributed by atoms with E-state index in [0.29, 0.717) is 11.8 Å². The molecule has 1 aliphatic carbocycles. The Morgan fingerprint density at radius 1 is 1.42 bits per heavy atom. The van der Waals surface area contributed by atoms with Crippen molar-refractivity contribution in [3.8, 4) is 0 Å². The highest BCUT2D eigenvalue weighted by Gasteiger charge is 2.33. The van der Waals surface area contributed by atoms with E-state index in [0.717, 1.165) is 37.9 Å². The lowest BCUT2D eigenvalue weighted by molar-refractivity contribution is -0.123. The molecule has 104 valence electrons. The number of nitrogens with one attached hydrogen (secondary N) is 1. The number of hydrogen-bond acceptors (Lipinski definition) is 3. The molecule has 1 amide bonds. The third-order valence-electron chi connectivity index (χ3n) is 4.23. The van der Waals surface area contributed by atoms with Crippen LogP contribution in [0.4, 0.5) is 5.69 Å². The second-order valence-electron chi connectivity index (χ2n) is 5.41. The minimum Gasteiger partial charge on any atom is -0.330 e. The smallest absolute Gasteiger partial charge is 0.227 e. The highest BCUT2D eigenvalue weighted by Crippen LogP contribution is 2.36. The molecule has 0 aliphatic heterocycles. The number of carbonyl (C=O) groups is 1. The SMILES string of the molecule is CCC1CC(CN)CCC1C(=O)Nc1ccncc1. The quantitative estimate of drug-likeness (QED) is 0.874. The number of carbonyl (C=O) groups excluding carboxylic acids is 1. The molecule has 1 aromatic heterocycles. The number of pyridine rings is 1. The van der Waals surface area contributed by atoms with Gasteiger partial charge in [-0.05, 0) is 49.8 Å². The van der Waals surface area contributed by atoms with E-state index in [2.05, 4.69) is 17.2 Å². The summed E-state index contributed by atoms with van der Waals surface area (Å²) in [5.74, 6) is 1.33. The van der Waals surface area contributed by atoms with Gasteiger partial charge in [0.2, 0.25) is 5.91 Å². The summed E-state index contributed by atoms with van der Waals surface area (Å²) < 4.78 is 0. The largest absolute Gasteiger partial charge is 0.330 e. The summed E-state index contributed by atoms with van der Waals surface area (Å²) in [6.07, 6.45) is 7.54. The van der Waals surface area contributed by atoms with Crippen molar-refractivity contribution in [1.29, 1.82) is 0 Å². The Morgan fingerprint density at radius 2 is 2.16 bits per heavy atom. The first-order valence-electron chi connectivity index (χ1n) is 7.15. The highest BCUT2D eigenvalue weighted by molar-refractivity contribution is 5.92. The van der Waals surface area contributed by atoms with Crippen LogP contribution in [0.1, 0.15) is 32.6 Å². The lowest BCUT2D eigenvalue weighted by atomic mass is 9.72. The van der Waals surface area contributed by atoms with Crippen LogP contribution >= 0.6 is 0 Å². The van der Waals surface area contributed by atoms with Crippen LogP contribution in [0.5, 0.6) is 0 Å². The Labute approximate surface area is 114 Å². The van der Waals surface area contributed by atoms with Gasteiger partial charge in [-0.1, -0.05) is 13.3 Å². The van der Waals surface area contributed by atoms with Crippen molar-refractivity contribution in [3.05, 3.63) is 24.5 Å². The van der Waals surface area contributed by atoms with Gasteiger partial charge in [-0.3, -0.25) is 9.78 Å². The van der Waals surface area contributed by atoms with Gasteiger partial charge in [0.05, 0.1) is 0 Å². The van der Waals surface area contributed by atoms with Crippen LogP contribution in [0.15, 0.2) is 24.5 Å². The second-order valence-corrected chi connectivity index (χ2v) is 5.41. The van der Waals surface area contributed by atoms with Gasteiger partial charge in [-0.15, -0.1) is 0 Å². The molecule has 19 heavy (non-hydrogen) atoms. The number of rotatable bonds is 4. The van der Waals surface area contributed by atoms with E-state index < -0.39 is 0 Å². The maximum absolute atomic E-state index is 12.4. The number of nitrogens with zero attached hydrogens (tertiary/aromatic N) is 1. The fraction of sp³-hybridized carbons (Fsp3) is 0.600. The molecular weight excluding hydrogens is 238 g/mol. The molecule has 3 atom stereocenters. The number of aromatic nitrogens is 1. The molecule has 2 rings (SSSR count). The molecule has 0 spiro atoms. The molecule has 1 heterocycles. The standard InChI is InChI=1S/C15H23N3O/c1-2-12-9-11(10-16)3-4-14(12)15(19)18-13-5-7-17-8-6-13/h5-8,11-12,14H,2-4,9-10,16H2,1H3,(H,17,18,19). The third-order valence-corrected chi connectivity index (χ3v) is 4.23. The predicted octanol–water partition coefficient (Wildman–Crippen LogP) is 2.42. The van der Waals surface area contributed by atoms with Crippen molar-refractivity contribution in [3.63, 3.8) is 0 Å². The number of nitrogens with two attached hydrogens (primary N) is 1. The minimum absolute atomic E-state index is 0.126. The summed E-state index contributed by atoms with van der Waals surface area (Å²) in [6, 6.07) is 3.65. The molecule has 0 saturated heterocycles. The van der Waals surface area contributed by atoms with Gasteiger partial charge in [-0.25, -0.2) is 0 Å². The van der Waals surface area contributed by atoms with Crippen molar-refractivity contribution < 1.29 is 4.79 Å². The van der Waals surface area contributed by atoms with Crippen LogP contribution in [0.2, 0.25) is 0 Å². The van der Waals surface area contributed by atoms with Gasteiger partial charge >= 0.3 is 0 Å². The van der Waals surface area contributed by atoms with Crippen LogP contribution in [0.25, 0.3) is 0 Å². The fourth-order valence-electron chi connectivity index (χ4n) is 3.04. The first-order chi connectivity index (χ1) is 9.24. The zero-order valence-electron chi connectivity index (χ0n) is 11.5. The van der Waals surface area contributed by atoms with Gasteiger partial charge in [-0.2, -0.15) is 0 Å². The molecule has 1 aliphatic rings. The van der Waals surface area contributed by atoms with E-state index in [9.17, 15) is 4.79 Å². The predicted molar refractivity (Wildman–Crippen MR) is 76.5 cm³/mol. The molecule has 3 unspecified atom stereocenters. The van der Waals surface area contributed by atoms with E-state index in [4.69, 9.17) is 5.73 Å². The Hall–Kier alpha value is -1.42. The monoisotopic (exact) mass is 261 g/mol. The summed E-state index contributed by atoms with van der Waals surface area (Å²) in [6.45, 7) is 2.91. The fourth-order valence-corrected chi connectivity index (χ4v) is 3.04. The Kier molecular flexibility index (Phi) is 4.91. The topological polar surface area (TPSA) is 68.0 Å². The lowest BCUT2D eigenvalue weighted by Gasteiger charge is -2.34. The van der Waals surface area contributed by atoms with Crippen LogP contribution in [-0.4, -0.2) is 17.4 Å². The second kappa shape index (κ2) is 6.66. The maximum Gasteiger partial charge on any atom is 0.227 e. The minimum atomic E-state index is 0.126. The van der Waals surface area contributed by atoms with E-state index in [1.165, 1.54) is 0 Å². The van der Waals surface area contributed by atoms with Gasteiger partial charge < -0.3 is 11.1 Å². The van der Waals surface area contributed by atoms with E-state index in [1.54, 1.807) is 12.4 Å². The van der Waals surface area contributed by atoms with E-state index in [1.807, 2.05) is 12.1 Å². The number of anilines is 1. The average molecular weight is 261 g/mol. The van der Waals surface area contributed by atoms with E-state index >= 15 is 0 Å². The Balaban J connectivity index is 1.98. The molecule has 1 fully saturated rings. The Morgan fingerprint density at radius 3 is 2.79 bits per heavy atom. The van der Waals surface area contributed by atoms with Crippen molar-refractivity contribution in [2.75, 3.05) is 11.9 Å². The Bertz CT molecular complexity index is 407. The van der Waals surface area contributed by atoms with Gasteiger partial charge in [0.15, 0.2) is 0 Å². The summed E-state index contributed by atoms with van der Waals surface area (Å²) in [4.78, 5) is 16.3. The van der Waals surface area contributed by atoms with Crippen molar-refractivity contribution in [2.45, 2.75) is 32.6 Å². The molecule has 0 radical (unpaired) electrons. The molecule has 0 aromatic carbocycles. The zero-order chi connectivity index (χ0) is 13.7. The van der Waals surface area contributed by atoms with Crippen LogP contribution in [0.3, 0.4) is 0 Å². The van der Waals surface area contributed by atoms with Gasteiger partial charge in [0.1, 0.15) is 0 Å². The highest BCUT2D eigenvalue weighted by atomic mass is 16.1.